The van der Waals surface area contributed by atoms with Crippen LogP contribution in [0.15, 0.2) is 42.5 Å². The minimum atomic E-state index is -0.990. The second-order valence-electron chi connectivity index (χ2n) is 8.44. The molecule has 7 nitrogen and oxygen atoms in total. The van der Waals surface area contributed by atoms with Gasteiger partial charge >= 0.3 is 5.97 Å². The van der Waals surface area contributed by atoms with Gasteiger partial charge in [0.1, 0.15) is 12.1 Å². The average Bonchev–Trinajstić information content (AvgIpc) is 2.78. The maximum atomic E-state index is 13.5. The molecular weight excluding hydrogens is 394 g/mol. The van der Waals surface area contributed by atoms with Gasteiger partial charge in [-0.15, -0.1) is 0 Å². The standard InChI is InChI=1S/C24H29N3O4/c1-2-26-14-17-10-4-6-13-20(23(29)27(17)21(15-26)24(30)31)25-22(28)19-12-7-9-16-8-3-5-11-18(16)19/h3,5,7-9,11-12,17,20-21H,2,4,6,10,13-15H2,1H3,(H,25,28)(H,30,31)/t17-,20-,21-/m0/s1. The van der Waals surface area contributed by atoms with E-state index in [1.165, 1.54) is 0 Å². The summed E-state index contributed by atoms with van der Waals surface area (Å²) in [5.41, 5.74) is 0.523. The molecule has 3 atom stereocenters. The fourth-order valence-corrected chi connectivity index (χ4v) is 4.89. The lowest BCUT2D eigenvalue weighted by molar-refractivity contribution is -0.159. The Morgan fingerprint density at radius 2 is 1.81 bits per heavy atom. The number of hydrogen-bond acceptors (Lipinski definition) is 4. The van der Waals surface area contributed by atoms with Gasteiger partial charge in [0.2, 0.25) is 5.91 Å². The summed E-state index contributed by atoms with van der Waals surface area (Å²) in [5, 5.41) is 14.5. The van der Waals surface area contributed by atoms with Gasteiger partial charge in [0.25, 0.3) is 5.91 Å². The molecule has 164 valence electrons. The number of likely N-dealkylation sites (N-methyl/N-ethyl adjacent to an activating group) is 1. The largest absolute Gasteiger partial charge is 0.480 e. The zero-order valence-corrected chi connectivity index (χ0v) is 17.8. The molecule has 2 amide bonds. The van der Waals surface area contributed by atoms with E-state index >= 15 is 0 Å². The number of carbonyl (C=O) groups is 3. The normalized spacial score (nSPS) is 24.9. The summed E-state index contributed by atoms with van der Waals surface area (Å²) in [6.45, 7) is 3.75. The first-order valence-corrected chi connectivity index (χ1v) is 11.1. The molecule has 0 aliphatic carbocycles. The summed E-state index contributed by atoms with van der Waals surface area (Å²) in [7, 11) is 0. The second kappa shape index (κ2) is 9.06. The Bertz CT molecular complexity index is 986. The Hall–Kier alpha value is -2.93. The number of amides is 2. The topological polar surface area (TPSA) is 90.0 Å². The fourth-order valence-electron chi connectivity index (χ4n) is 4.89. The number of nitrogens with zero attached hydrogens (tertiary/aromatic N) is 2. The highest BCUT2D eigenvalue weighted by molar-refractivity contribution is 6.08. The van der Waals surface area contributed by atoms with Crippen molar-refractivity contribution in [2.24, 2.45) is 0 Å². The van der Waals surface area contributed by atoms with E-state index in [0.717, 1.165) is 36.6 Å². The molecule has 0 unspecified atom stereocenters. The van der Waals surface area contributed by atoms with Crippen LogP contribution in [-0.4, -0.2) is 70.4 Å². The van der Waals surface area contributed by atoms with E-state index in [-0.39, 0.29) is 17.9 Å². The van der Waals surface area contributed by atoms with Gasteiger partial charge in [0.15, 0.2) is 0 Å². The minimum absolute atomic E-state index is 0.139. The van der Waals surface area contributed by atoms with Crippen molar-refractivity contribution in [3.05, 3.63) is 48.0 Å². The molecule has 0 radical (unpaired) electrons. The molecule has 4 rings (SSSR count). The molecule has 2 heterocycles. The third-order valence-corrected chi connectivity index (χ3v) is 6.53. The fraction of sp³-hybridized carbons (Fsp3) is 0.458. The Labute approximate surface area is 182 Å². The highest BCUT2D eigenvalue weighted by atomic mass is 16.4. The van der Waals surface area contributed by atoms with Crippen molar-refractivity contribution in [3.63, 3.8) is 0 Å². The molecule has 0 spiro atoms. The smallest absolute Gasteiger partial charge is 0.327 e. The second-order valence-corrected chi connectivity index (χ2v) is 8.44. The highest BCUT2D eigenvalue weighted by Gasteiger charge is 2.43. The summed E-state index contributed by atoms with van der Waals surface area (Å²) in [6.07, 6.45) is 3.03. The molecular formula is C24H29N3O4. The van der Waals surface area contributed by atoms with Gasteiger partial charge in [-0.1, -0.05) is 56.2 Å². The van der Waals surface area contributed by atoms with Crippen LogP contribution in [0, 0.1) is 0 Å². The summed E-state index contributed by atoms with van der Waals surface area (Å²) in [5.74, 6) is -1.57. The molecule has 0 saturated carbocycles. The van der Waals surface area contributed by atoms with Crippen LogP contribution in [0.1, 0.15) is 43.0 Å². The van der Waals surface area contributed by atoms with Gasteiger partial charge in [-0.3, -0.25) is 14.5 Å². The molecule has 2 aromatic rings. The predicted octanol–water partition coefficient (Wildman–Crippen LogP) is 2.50. The number of carboxylic acid groups (broad SMARTS) is 1. The first-order chi connectivity index (χ1) is 15.0. The number of fused-ring (bicyclic) bond motifs is 2. The Balaban J connectivity index is 1.60. The first-order valence-electron chi connectivity index (χ1n) is 11.1. The van der Waals surface area contributed by atoms with Crippen molar-refractivity contribution in [1.29, 1.82) is 0 Å². The Kier molecular flexibility index (Phi) is 6.23. The molecule has 7 heteroatoms. The van der Waals surface area contributed by atoms with Crippen molar-refractivity contribution in [2.75, 3.05) is 19.6 Å². The predicted molar refractivity (Wildman–Crippen MR) is 118 cm³/mol. The van der Waals surface area contributed by atoms with E-state index in [1.54, 1.807) is 11.0 Å². The number of piperazine rings is 1. The summed E-state index contributed by atoms with van der Waals surface area (Å²) < 4.78 is 0. The molecule has 31 heavy (non-hydrogen) atoms. The molecule has 2 aliphatic heterocycles. The van der Waals surface area contributed by atoms with E-state index in [9.17, 15) is 19.5 Å². The zero-order valence-electron chi connectivity index (χ0n) is 17.8. The summed E-state index contributed by atoms with van der Waals surface area (Å²) in [4.78, 5) is 42.3. The van der Waals surface area contributed by atoms with Gasteiger partial charge in [0, 0.05) is 24.7 Å². The van der Waals surface area contributed by atoms with E-state index in [4.69, 9.17) is 0 Å². The monoisotopic (exact) mass is 423 g/mol. The third-order valence-electron chi connectivity index (χ3n) is 6.53. The van der Waals surface area contributed by atoms with Gasteiger partial charge in [-0.2, -0.15) is 0 Å². The molecule has 2 aliphatic rings. The van der Waals surface area contributed by atoms with Crippen molar-refractivity contribution in [2.45, 2.75) is 50.7 Å². The van der Waals surface area contributed by atoms with E-state index in [0.29, 0.717) is 25.1 Å². The first kappa shape index (κ1) is 21.3. The van der Waals surface area contributed by atoms with E-state index in [1.807, 2.05) is 43.3 Å². The molecule has 2 fully saturated rings. The molecule has 0 aromatic heterocycles. The van der Waals surface area contributed by atoms with Crippen LogP contribution >= 0.6 is 0 Å². The Morgan fingerprint density at radius 1 is 1.06 bits per heavy atom. The molecule has 0 bridgehead atoms. The maximum absolute atomic E-state index is 13.5. The number of aliphatic carboxylic acids is 1. The summed E-state index contributed by atoms with van der Waals surface area (Å²) >= 11 is 0. The lowest BCUT2D eigenvalue weighted by Gasteiger charge is -2.47. The van der Waals surface area contributed by atoms with Crippen LogP contribution in [0.3, 0.4) is 0 Å². The van der Waals surface area contributed by atoms with Crippen LogP contribution in [0.2, 0.25) is 0 Å². The molecule has 2 aromatic carbocycles. The van der Waals surface area contributed by atoms with E-state index in [2.05, 4.69) is 10.2 Å². The number of carbonyl (C=O) groups excluding carboxylic acids is 2. The van der Waals surface area contributed by atoms with Crippen LogP contribution in [0.4, 0.5) is 0 Å². The third kappa shape index (κ3) is 4.28. The number of rotatable bonds is 4. The average molecular weight is 424 g/mol. The highest BCUT2D eigenvalue weighted by Crippen LogP contribution is 2.26. The van der Waals surface area contributed by atoms with Gasteiger partial charge in [0.05, 0.1) is 0 Å². The quantitative estimate of drug-likeness (QED) is 0.789. The van der Waals surface area contributed by atoms with Crippen molar-refractivity contribution >= 4 is 28.6 Å². The molecule has 2 saturated heterocycles. The van der Waals surface area contributed by atoms with E-state index < -0.39 is 18.1 Å². The lowest BCUT2D eigenvalue weighted by Crippen LogP contribution is -2.66. The van der Waals surface area contributed by atoms with Crippen LogP contribution in [-0.2, 0) is 9.59 Å². The van der Waals surface area contributed by atoms with Crippen LogP contribution in [0.25, 0.3) is 10.8 Å². The van der Waals surface area contributed by atoms with Crippen LogP contribution in [0.5, 0.6) is 0 Å². The zero-order chi connectivity index (χ0) is 22.0. The SMILES string of the molecule is CCN1C[C@@H]2CCCC[C@H](NC(=O)c3cccc4ccccc34)C(=O)N2[C@H](C(=O)O)C1. The van der Waals surface area contributed by atoms with Crippen molar-refractivity contribution in [3.8, 4) is 0 Å². The minimum Gasteiger partial charge on any atom is -0.480 e. The number of benzene rings is 2. The maximum Gasteiger partial charge on any atom is 0.327 e. The van der Waals surface area contributed by atoms with Gasteiger partial charge in [-0.05, 0) is 36.2 Å². The number of nitrogens with one attached hydrogen (secondary N) is 1. The van der Waals surface area contributed by atoms with Gasteiger partial charge in [-0.25, -0.2) is 4.79 Å². The Morgan fingerprint density at radius 3 is 2.58 bits per heavy atom. The summed E-state index contributed by atoms with van der Waals surface area (Å²) in [6, 6.07) is 11.4. The lowest BCUT2D eigenvalue weighted by atomic mass is 9.93. The molecule has 2 N–H and O–H groups in total. The van der Waals surface area contributed by atoms with Crippen molar-refractivity contribution in [1.82, 2.24) is 15.1 Å². The number of carboxylic acids is 1. The van der Waals surface area contributed by atoms with Crippen molar-refractivity contribution < 1.29 is 19.5 Å². The van der Waals surface area contributed by atoms with Crippen LogP contribution < -0.4 is 5.32 Å². The number of hydrogen-bond donors (Lipinski definition) is 2. The van der Waals surface area contributed by atoms with Gasteiger partial charge < -0.3 is 15.3 Å².